The van der Waals surface area contributed by atoms with Gasteiger partial charge in [-0.25, -0.2) is 0 Å². The number of rotatable bonds is 3. The number of benzene rings is 2. The lowest BCUT2D eigenvalue weighted by Gasteiger charge is -2.33. The van der Waals surface area contributed by atoms with Gasteiger partial charge in [-0.2, -0.15) is 0 Å². The van der Waals surface area contributed by atoms with Crippen molar-refractivity contribution in [1.29, 1.82) is 5.41 Å². The van der Waals surface area contributed by atoms with Crippen molar-refractivity contribution in [1.82, 2.24) is 0 Å². The molecule has 128 valence electrons. The van der Waals surface area contributed by atoms with Gasteiger partial charge >= 0.3 is 0 Å². The Labute approximate surface area is 147 Å². The predicted octanol–water partition coefficient (Wildman–Crippen LogP) is 4.54. The molecule has 0 spiro atoms. The van der Waals surface area contributed by atoms with Gasteiger partial charge in [0, 0.05) is 17.9 Å². The zero-order valence-corrected chi connectivity index (χ0v) is 14.5. The molecule has 1 unspecified atom stereocenters. The van der Waals surface area contributed by atoms with Crippen LogP contribution in [0.3, 0.4) is 0 Å². The Kier molecular flexibility index (Phi) is 3.96. The molecule has 1 atom stereocenters. The van der Waals surface area contributed by atoms with E-state index in [9.17, 15) is 0 Å². The van der Waals surface area contributed by atoms with Crippen LogP contribution in [0.2, 0.25) is 0 Å². The highest BCUT2D eigenvalue weighted by molar-refractivity contribution is 5.87. The number of methoxy groups -OCH3 is 2. The predicted molar refractivity (Wildman–Crippen MR) is 97.4 cm³/mol. The maximum Gasteiger partial charge on any atom is 0.188 e. The second-order valence-electron chi connectivity index (χ2n) is 6.41. The lowest BCUT2D eigenvalue weighted by atomic mass is 9.78. The molecule has 4 heteroatoms. The Morgan fingerprint density at radius 3 is 2.60 bits per heavy atom. The van der Waals surface area contributed by atoms with Crippen molar-refractivity contribution in [2.75, 3.05) is 14.2 Å². The minimum Gasteiger partial charge on any atom is -0.493 e. The molecule has 0 saturated carbocycles. The van der Waals surface area contributed by atoms with Crippen LogP contribution in [0.1, 0.15) is 35.4 Å². The molecular formula is C21H21NO3. The molecule has 4 rings (SSSR count). The van der Waals surface area contributed by atoms with Gasteiger partial charge in [-0.05, 0) is 41.7 Å². The summed E-state index contributed by atoms with van der Waals surface area (Å²) >= 11 is 0. The van der Waals surface area contributed by atoms with E-state index in [0.29, 0.717) is 12.3 Å². The van der Waals surface area contributed by atoms with Crippen LogP contribution in [0.15, 0.2) is 48.0 Å². The summed E-state index contributed by atoms with van der Waals surface area (Å²) < 4.78 is 16.7. The van der Waals surface area contributed by atoms with Gasteiger partial charge in [0.05, 0.1) is 14.2 Å². The summed E-state index contributed by atoms with van der Waals surface area (Å²) in [6.07, 6.45) is 2.55. The number of aryl methyl sites for hydroxylation is 1. The topological polar surface area (TPSA) is 51.5 Å². The van der Waals surface area contributed by atoms with E-state index in [-0.39, 0.29) is 5.92 Å². The third kappa shape index (κ3) is 2.68. The van der Waals surface area contributed by atoms with Gasteiger partial charge in [-0.3, -0.25) is 5.41 Å². The van der Waals surface area contributed by atoms with Gasteiger partial charge in [-0.15, -0.1) is 0 Å². The Morgan fingerprint density at radius 1 is 1.00 bits per heavy atom. The molecule has 1 aliphatic carbocycles. The average molecular weight is 335 g/mol. The monoisotopic (exact) mass is 335 g/mol. The quantitative estimate of drug-likeness (QED) is 0.896. The van der Waals surface area contributed by atoms with Gasteiger partial charge in [0.2, 0.25) is 0 Å². The Balaban J connectivity index is 1.82. The van der Waals surface area contributed by atoms with Crippen molar-refractivity contribution < 1.29 is 14.2 Å². The molecule has 0 saturated heterocycles. The van der Waals surface area contributed by atoms with Crippen LogP contribution in [-0.4, -0.2) is 20.1 Å². The van der Waals surface area contributed by atoms with Crippen molar-refractivity contribution in [3.05, 3.63) is 64.7 Å². The van der Waals surface area contributed by atoms with Crippen LogP contribution in [0.5, 0.6) is 11.5 Å². The normalized spacial score (nSPS) is 19.0. The van der Waals surface area contributed by atoms with Crippen molar-refractivity contribution >= 4 is 11.7 Å². The maximum absolute atomic E-state index is 8.20. The molecule has 2 aromatic rings. The molecule has 0 radical (unpaired) electrons. The molecular weight excluding hydrogens is 314 g/mol. The summed E-state index contributed by atoms with van der Waals surface area (Å²) in [5.74, 6) is 2.77. The highest BCUT2D eigenvalue weighted by Crippen LogP contribution is 2.45. The first-order chi connectivity index (χ1) is 12.2. The Bertz CT molecular complexity index is 869. The molecule has 2 aliphatic rings. The van der Waals surface area contributed by atoms with E-state index in [1.165, 1.54) is 11.1 Å². The molecule has 0 fully saturated rings. The molecule has 1 aliphatic heterocycles. The number of ether oxygens (including phenoxy) is 3. The summed E-state index contributed by atoms with van der Waals surface area (Å²) in [5, 5.41) is 8.20. The summed E-state index contributed by atoms with van der Waals surface area (Å²) in [6, 6.07) is 14.3. The lowest BCUT2D eigenvalue weighted by Crippen LogP contribution is -2.23. The van der Waals surface area contributed by atoms with Crippen LogP contribution in [0.25, 0.3) is 5.76 Å². The molecule has 1 heterocycles. The Hall–Kier alpha value is -2.75. The van der Waals surface area contributed by atoms with Crippen LogP contribution in [-0.2, 0) is 11.2 Å². The number of nitrogens with one attached hydrogen (secondary N) is 1. The number of hydrogen-bond donors (Lipinski definition) is 1. The largest absolute Gasteiger partial charge is 0.493 e. The van der Waals surface area contributed by atoms with Gasteiger partial charge in [0.1, 0.15) is 5.76 Å². The maximum atomic E-state index is 8.20. The average Bonchev–Trinajstić information content (AvgIpc) is 2.66. The standard InChI is InChI=1S/C21H21NO3/c1-23-18-10-8-14(11-19(18)24-2)17-12-20(22)25-21-15-6-4-3-5-13(15)7-9-16(17)21/h3-6,8,10-11,17,22H,7,9,12H2,1-2H3. The summed E-state index contributed by atoms with van der Waals surface area (Å²) in [6.45, 7) is 0. The minimum atomic E-state index is 0.143. The fourth-order valence-corrected chi connectivity index (χ4v) is 3.83. The molecule has 2 aromatic carbocycles. The first kappa shape index (κ1) is 15.8. The van der Waals surface area contributed by atoms with E-state index in [1.807, 2.05) is 18.2 Å². The van der Waals surface area contributed by atoms with E-state index in [1.54, 1.807) is 14.2 Å². The smallest absolute Gasteiger partial charge is 0.188 e. The van der Waals surface area contributed by atoms with E-state index < -0.39 is 0 Å². The highest BCUT2D eigenvalue weighted by atomic mass is 16.5. The van der Waals surface area contributed by atoms with Crippen LogP contribution < -0.4 is 9.47 Å². The second kappa shape index (κ2) is 6.28. The zero-order chi connectivity index (χ0) is 17.4. The molecule has 0 amide bonds. The molecule has 0 bridgehead atoms. The summed E-state index contributed by atoms with van der Waals surface area (Å²) in [4.78, 5) is 0. The van der Waals surface area contributed by atoms with Crippen molar-refractivity contribution in [2.45, 2.75) is 25.2 Å². The van der Waals surface area contributed by atoms with Gasteiger partial charge in [-0.1, -0.05) is 30.3 Å². The minimum absolute atomic E-state index is 0.143. The van der Waals surface area contributed by atoms with Crippen LogP contribution >= 0.6 is 0 Å². The second-order valence-corrected chi connectivity index (χ2v) is 6.41. The van der Waals surface area contributed by atoms with Crippen LogP contribution in [0.4, 0.5) is 0 Å². The van der Waals surface area contributed by atoms with E-state index in [4.69, 9.17) is 19.6 Å². The lowest BCUT2D eigenvalue weighted by molar-refractivity contribution is 0.354. The number of hydrogen-bond acceptors (Lipinski definition) is 4. The first-order valence-corrected chi connectivity index (χ1v) is 8.49. The van der Waals surface area contributed by atoms with Gasteiger partial charge in [0.25, 0.3) is 0 Å². The van der Waals surface area contributed by atoms with Crippen molar-refractivity contribution in [2.24, 2.45) is 0 Å². The third-order valence-electron chi connectivity index (χ3n) is 5.06. The van der Waals surface area contributed by atoms with Crippen molar-refractivity contribution in [3.8, 4) is 11.5 Å². The molecule has 25 heavy (non-hydrogen) atoms. The number of allylic oxidation sites excluding steroid dienone is 1. The molecule has 4 nitrogen and oxygen atoms in total. The summed E-state index contributed by atoms with van der Waals surface area (Å²) in [7, 11) is 3.29. The van der Waals surface area contributed by atoms with E-state index in [2.05, 4.69) is 24.3 Å². The van der Waals surface area contributed by atoms with Gasteiger partial charge < -0.3 is 14.2 Å². The zero-order valence-electron chi connectivity index (χ0n) is 14.5. The SMILES string of the molecule is COc1ccc(C2CC(=N)OC3=C2CCc2ccccc23)cc1OC. The molecule has 1 N–H and O–H groups in total. The van der Waals surface area contributed by atoms with Gasteiger partial charge in [0.15, 0.2) is 17.4 Å². The first-order valence-electron chi connectivity index (χ1n) is 8.49. The van der Waals surface area contributed by atoms with E-state index in [0.717, 1.165) is 41.2 Å². The number of fused-ring (bicyclic) bond motifs is 2. The van der Waals surface area contributed by atoms with E-state index >= 15 is 0 Å². The third-order valence-corrected chi connectivity index (χ3v) is 5.06. The Morgan fingerprint density at radius 2 is 1.80 bits per heavy atom. The van der Waals surface area contributed by atoms with Crippen LogP contribution in [0, 0.1) is 5.41 Å². The fraction of sp³-hybridized carbons (Fsp3) is 0.286. The highest BCUT2D eigenvalue weighted by Gasteiger charge is 2.33. The molecule has 0 aromatic heterocycles. The fourth-order valence-electron chi connectivity index (χ4n) is 3.83. The van der Waals surface area contributed by atoms with Crippen molar-refractivity contribution in [3.63, 3.8) is 0 Å². The summed E-state index contributed by atoms with van der Waals surface area (Å²) in [5.41, 5.74) is 4.83.